The van der Waals surface area contributed by atoms with Gasteiger partial charge in [0, 0.05) is 26.7 Å². The number of guanidine groups is 1. The number of nitrogens with one attached hydrogen (secondary N) is 2. The quantitative estimate of drug-likeness (QED) is 0.291. The van der Waals surface area contributed by atoms with E-state index >= 15 is 0 Å². The third-order valence-electron chi connectivity index (χ3n) is 5.98. The van der Waals surface area contributed by atoms with Crippen LogP contribution in [0.3, 0.4) is 0 Å². The Morgan fingerprint density at radius 1 is 1.27 bits per heavy atom. The van der Waals surface area contributed by atoms with Gasteiger partial charge in [0.05, 0.1) is 12.0 Å². The van der Waals surface area contributed by atoms with E-state index in [1.165, 1.54) is 5.56 Å². The molecular weight excluding hydrogens is 376 g/mol. The van der Waals surface area contributed by atoms with E-state index in [4.69, 9.17) is 5.73 Å². The molecule has 7 heteroatoms. The molecule has 2 rings (SSSR count). The van der Waals surface area contributed by atoms with Crippen LogP contribution in [0.1, 0.15) is 44.7 Å². The maximum Gasteiger partial charge on any atom is 0.221 e. The van der Waals surface area contributed by atoms with Crippen LogP contribution in [0.25, 0.3) is 0 Å². The first-order valence-electron chi connectivity index (χ1n) is 11.3. The predicted molar refractivity (Wildman–Crippen MR) is 124 cm³/mol. The molecule has 1 heterocycles. The summed E-state index contributed by atoms with van der Waals surface area (Å²) in [7, 11) is 1.81. The molecule has 30 heavy (non-hydrogen) atoms. The van der Waals surface area contributed by atoms with E-state index in [-0.39, 0.29) is 11.8 Å². The molecule has 2 atom stereocenters. The van der Waals surface area contributed by atoms with Crippen LogP contribution in [0.4, 0.5) is 0 Å². The Morgan fingerprint density at radius 3 is 2.63 bits per heavy atom. The molecule has 0 radical (unpaired) electrons. The lowest BCUT2D eigenvalue weighted by molar-refractivity contribution is -0.123. The first-order valence-corrected chi connectivity index (χ1v) is 11.3. The minimum atomic E-state index is -0.163. The second-order valence-corrected chi connectivity index (χ2v) is 7.92. The lowest BCUT2D eigenvalue weighted by atomic mass is 9.97. The molecular formula is C23H40N6O. The summed E-state index contributed by atoms with van der Waals surface area (Å²) in [5.74, 6) is 0.677. The molecule has 1 aromatic rings. The van der Waals surface area contributed by atoms with Crippen molar-refractivity contribution in [2.75, 3.05) is 52.9 Å². The van der Waals surface area contributed by atoms with E-state index in [1.807, 2.05) is 7.05 Å². The van der Waals surface area contributed by atoms with Crippen LogP contribution in [0.15, 0.2) is 35.3 Å². The first kappa shape index (κ1) is 24.2. The summed E-state index contributed by atoms with van der Waals surface area (Å²) < 4.78 is 0. The summed E-state index contributed by atoms with van der Waals surface area (Å²) >= 11 is 0. The number of carbonyl (C=O) groups excluding carboxylic acids is 1. The van der Waals surface area contributed by atoms with Crippen molar-refractivity contribution >= 4 is 11.9 Å². The Hall–Kier alpha value is -2.12. The minimum Gasteiger partial charge on any atom is -0.369 e. The van der Waals surface area contributed by atoms with Crippen molar-refractivity contribution in [2.24, 2.45) is 16.6 Å². The average molecular weight is 417 g/mol. The minimum absolute atomic E-state index is 0.0103. The summed E-state index contributed by atoms with van der Waals surface area (Å²) in [5, 5.41) is 6.93. The number of amides is 1. The van der Waals surface area contributed by atoms with Crippen LogP contribution < -0.4 is 16.4 Å². The van der Waals surface area contributed by atoms with Gasteiger partial charge in [0.25, 0.3) is 0 Å². The van der Waals surface area contributed by atoms with E-state index in [0.29, 0.717) is 6.04 Å². The molecule has 0 bridgehead atoms. The molecule has 1 saturated heterocycles. The van der Waals surface area contributed by atoms with Crippen LogP contribution in [-0.2, 0) is 4.79 Å². The Kier molecular flexibility index (Phi) is 10.7. The normalized spacial score (nSPS) is 18.9. The molecule has 1 aromatic carbocycles. The summed E-state index contributed by atoms with van der Waals surface area (Å²) in [6, 6.07) is 11.0. The van der Waals surface area contributed by atoms with Crippen molar-refractivity contribution in [3.63, 3.8) is 0 Å². The average Bonchev–Trinajstić information content (AvgIpc) is 2.78. The van der Waals surface area contributed by atoms with Crippen LogP contribution in [0, 0.1) is 5.92 Å². The second-order valence-electron chi connectivity index (χ2n) is 7.92. The number of likely N-dealkylation sites (N-methyl/N-ethyl adjacent to an activating group) is 1. The van der Waals surface area contributed by atoms with Gasteiger partial charge in [-0.1, -0.05) is 44.2 Å². The van der Waals surface area contributed by atoms with Crippen LogP contribution in [0.2, 0.25) is 0 Å². The molecule has 0 spiro atoms. The SMILES string of the molecule is CCN(CC)C(CNC(=NC)NCCCN1CCCC(C(N)=O)C1)c1ccccc1. The lowest BCUT2D eigenvalue weighted by Gasteiger charge is -2.31. The Balaban J connectivity index is 1.78. The van der Waals surface area contributed by atoms with Gasteiger partial charge in [0.1, 0.15) is 0 Å². The van der Waals surface area contributed by atoms with Gasteiger partial charge < -0.3 is 21.3 Å². The fourth-order valence-corrected chi connectivity index (χ4v) is 4.21. The van der Waals surface area contributed by atoms with Gasteiger partial charge in [-0.25, -0.2) is 0 Å². The molecule has 1 aliphatic rings. The molecule has 7 nitrogen and oxygen atoms in total. The summed E-state index contributed by atoms with van der Waals surface area (Å²) in [6.45, 7) is 10.9. The van der Waals surface area contributed by atoms with Crippen molar-refractivity contribution in [3.05, 3.63) is 35.9 Å². The van der Waals surface area contributed by atoms with E-state index < -0.39 is 0 Å². The van der Waals surface area contributed by atoms with E-state index in [0.717, 1.165) is 71.0 Å². The van der Waals surface area contributed by atoms with Crippen molar-refractivity contribution in [1.29, 1.82) is 0 Å². The zero-order valence-corrected chi connectivity index (χ0v) is 18.9. The monoisotopic (exact) mass is 416 g/mol. The van der Waals surface area contributed by atoms with Gasteiger partial charge in [0.2, 0.25) is 5.91 Å². The van der Waals surface area contributed by atoms with Gasteiger partial charge in [0.15, 0.2) is 5.96 Å². The molecule has 1 aliphatic heterocycles. The van der Waals surface area contributed by atoms with Gasteiger partial charge in [-0.05, 0) is 51.0 Å². The van der Waals surface area contributed by atoms with Gasteiger partial charge in [-0.3, -0.25) is 14.7 Å². The number of hydrogen-bond donors (Lipinski definition) is 3. The first-order chi connectivity index (χ1) is 14.6. The maximum atomic E-state index is 11.4. The number of carbonyl (C=O) groups is 1. The van der Waals surface area contributed by atoms with Gasteiger partial charge in [-0.2, -0.15) is 0 Å². The Bertz CT molecular complexity index is 646. The fourth-order valence-electron chi connectivity index (χ4n) is 4.21. The van der Waals surface area contributed by atoms with Crippen molar-refractivity contribution in [2.45, 2.75) is 39.2 Å². The fraction of sp³-hybridized carbons (Fsp3) is 0.652. The largest absolute Gasteiger partial charge is 0.369 e. The summed E-state index contributed by atoms with van der Waals surface area (Å²) in [6.07, 6.45) is 2.98. The standard InChI is InChI=1S/C23H40N6O/c1-4-29(5-2)21(19-11-7-6-8-12-19)17-27-23(25-3)26-14-10-16-28-15-9-13-20(18-28)22(24)30/h6-8,11-12,20-21H,4-5,9-10,13-18H2,1-3H3,(H2,24,30)(H2,25,26,27). The molecule has 0 saturated carbocycles. The predicted octanol–water partition coefficient (Wildman–Crippen LogP) is 1.82. The number of hydrogen-bond acceptors (Lipinski definition) is 4. The zero-order valence-electron chi connectivity index (χ0n) is 18.9. The lowest BCUT2D eigenvalue weighted by Crippen LogP contribution is -2.44. The summed E-state index contributed by atoms with van der Waals surface area (Å²) in [5.41, 5.74) is 6.80. The number of nitrogens with zero attached hydrogens (tertiary/aromatic N) is 3. The molecule has 168 valence electrons. The highest BCUT2D eigenvalue weighted by Gasteiger charge is 2.23. The van der Waals surface area contributed by atoms with E-state index in [9.17, 15) is 4.79 Å². The van der Waals surface area contributed by atoms with E-state index in [2.05, 4.69) is 69.6 Å². The number of likely N-dealkylation sites (tertiary alicyclic amines) is 1. The van der Waals surface area contributed by atoms with Crippen LogP contribution in [-0.4, -0.2) is 74.5 Å². The molecule has 4 N–H and O–H groups in total. The highest BCUT2D eigenvalue weighted by Crippen LogP contribution is 2.19. The number of benzene rings is 1. The maximum absolute atomic E-state index is 11.4. The number of rotatable bonds is 11. The van der Waals surface area contributed by atoms with Gasteiger partial charge in [-0.15, -0.1) is 0 Å². The number of nitrogens with two attached hydrogens (primary N) is 1. The third kappa shape index (κ3) is 7.61. The molecule has 1 fully saturated rings. The zero-order chi connectivity index (χ0) is 21.8. The smallest absolute Gasteiger partial charge is 0.221 e. The Labute approximate surface area is 182 Å². The van der Waals surface area contributed by atoms with Crippen molar-refractivity contribution in [1.82, 2.24) is 20.4 Å². The highest BCUT2D eigenvalue weighted by molar-refractivity contribution is 5.79. The molecule has 2 unspecified atom stereocenters. The highest BCUT2D eigenvalue weighted by atomic mass is 16.1. The molecule has 1 amide bonds. The molecule has 0 aliphatic carbocycles. The molecule has 0 aromatic heterocycles. The van der Waals surface area contributed by atoms with Crippen LogP contribution >= 0.6 is 0 Å². The number of aliphatic imine (C=N–C) groups is 1. The van der Waals surface area contributed by atoms with Crippen molar-refractivity contribution in [3.8, 4) is 0 Å². The summed E-state index contributed by atoms with van der Waals surface area (Å²) in [4.78, 5) is 20.6. The number of primary amides is 1. The third-order valence-corrected chi connectivity index (χ3v) is 5.98. The number of piperidine rings is 1. The van der Waals surface area contributed by atoms with Crippen molar-refractivity contribution < 1.29 is 4.79 Å². The van der Waals surface area contributed by atoms with Crippen LogP contribution in [0.5, 0.6) is 0 Å². The second kappa shape index (κ2) is 13.2. The van der Waals surface area contributed by atoms with Gasteiger partial charge >= 0.3 is 0 Å². The Morgan fingerprint density at radius 2 is 2.00 bits per heavy atom. The van der Waals surface area contributed by atoms with E-state index in [1.54, 1.807) is 0 Å². The topological polar surface area (TPSA) is 86.0 Å².